The zero-order chi connectivity index (χ0) is 26.2. The molecule has 1 aliphatic rings. The highest BCUT2D eigenvalue weighted by atomic mass is 16.2. The Morgan fingerprint density at radius 2 is 1.62 bits per heavy atom. The van der Waals surface area contributed by atoms with Gasteiger partial charge in [-0.05, 0) is 55.8 Å². The van der Waals surface area contributed by atoms with E-state index in [1.165, 1.54) is 6.20 Å². The summed E-state index contributed by atoms with van der Waals surface area (Å²) in [5, 5.41) is 5.39. The zero-order valence-corrected chi connectivity index (χ0v) is 21.0. The largest absolute Gasteiger partial charge is 0.336 e. The van der Waals surface area contributed by atoms with E-state index in [0.717, 1.165) is 24.4 Å². The molecule has 9 nitrogen and oxygen atoms in total. The smallest absolute Gasteiger partial charge is 0.324 e. The van der Waals surface area contributed by atoms with Crippen LogP contribution in [0.15, 0.2) is 77.9 Å². The number of nitrogens with zero attached hydrogens (tertiary/aromatic N) is 4. The van der Waals surface area contributed by atoms with Gasteiger partial charge < -0.3 is 10.2 Å². The van der Waals surface area contributed by atoms with Crippen molar-refractivity contribution in [3.63, 3.8) is 0 Å². The number of hydrogen-bond acceptors (Lipinski definition) is 5. The van der Waals surface area contributed by atoms with Gasteiger partial charge in [0.05, 0.1) is 5.56 Å². The van der Waals surface area contributed by atoms with E-state index in [0.29, 0.717) is 42.3 Å². The van der Waals surface area contributed by atoms with Crippen LogP contribution >= 0.6 is 0 Å². The van der Waals surface area contributed by atoms with Crippen molar-refractivity contribution in [2.75, 3.05) is 36.8 Å². The third-order valence-electron chi connectivity index (χ3n) is 5.85. The van der Waals surface area contributed by atoms with Crippen LogP contribution in [-0.2, 0) is 6.54 Å². The Morgan fingerprint density at radius 3 is 2.30 bits per heavy atom. The van der Waals surface area contributed by atoms with Crippen molar-refractivity contribution in [3.05, 3.63) is 89.6 Å². The summed E-state index contributed by atoms with van der Waals surface area (Å²) in [6, 6.07) is 19.5. The Balaban J connectivity index is 1.27. The quantitative estimate of drug-likeness (QED) is 0.493. The molecule has 9 heteroatoms. The van der Waals surface area contributed by atoms with Crippen molar-refractivity contribution < 1.29 is 14.4 Å². The van der Waals surface area contributed by atoms with Crippen LogP contribution < -0.4 is 10.6 Å². The first-order valence-electron chi connectivity index (χ1n) is 12.1. The lowest BCUT2D eigenvalue weighted by molar-refractivity contribution is 0.0627. The standard InChI is InChI=1S/C28H30N6O3/c1-20(2)30-26(35)22-8-6-7-21(17-22)19-33-13-15-34(16-14-33)27(36)23-11-12-25(29-18-23)32-28(37)31-24-9-4-3-5-10-24/h3-12,17-18H,13-16,19H2,1-2H3,(H2,29,31,32,37). The van der Waals surface area contributed by atoms with Crippen molar-refractivity contribution in [2.45, 2.75) is 20.4 Å². The Labute approximate surface area is 216 Å². The van der Waals surface area contributed by atoms with Crippen LogP contribution in [0.1, 0.15) is 40.1 Å². The summed E-state index contributed by atoms with van der Waals surface area (Å²) in [7, 11) is 0. The lowest BCUT2D eigenvalue weighted by Gasteiger charge is -2.34. The van der Waals surface area contributed by atoms with Gasteiger partial charge in [0.1, 0.15) is 5.82 Å². The maximum absolute atomic E-state index is 13.0. The molecule has 0 radical (unpaired) electrons. The number of aromatic nitrogens is 1. The number of urea groups is 1. The lowest BCUT2D eigenvalue weighted by atomic mass is 10.1. The third-order valence-corrected chi connectivity index (χ3v) is 5.85. The number of carbonyl (C=O) groups is 3. The molecule has 2 aromatic carbocycles. The number of carbonyl (C=O) groups excluding carboxylic acids is 3. The zero-order valence-electron chi connectivity index (χ0n) is 21.0. The minimum absolute atomic E-state index is 0.0900. The molecule has 1 fully saturated rings. The van der Waals surface area contributed by atoms with Crippen LogP contribution in [0, 0.1) is 0 Å². The summed E-state index contributed by atoms with van der Waals surface area (Å²) in [5.74, 6) is 0.0343. The second-order valence-electron chi connectivity index (χ2n) is 9.01. The summed E-state index contributed by atoms with van der Waals surface area (Å²) in [6.45, 7) is 6.94. The second-order valence-corrected chi connectivity index (χ2v) is 9.01. The molecule has 0 unspecified atom stereocenters. The van der Waals surface area contributed by atoms with Crippen molar-refractivity contribution >= 4 is 35.1 Å². The van der Waals surface area contributed by atoms with Gasteiger partial charge in [-0.1, -0.05) is 30.3 Å². The van der Waals surface area contributed by atoms with Gasteiger partial charge in [0.15, 0.2) is 0 Å². The van der Waals surface area contributed by atoms with E-state index in [1.54, 1.807) is 49.1 Å². The molecule has 0 bridgehead atoms. The number of piperazine rings is 1. The van der Waals surface area contributed by atoms with E-state index in [4.69, 9.17) is 0 Å². The van der Waals surface area contributed by atoms with Gasteiger partial charge in [0.25, 0.3) is 11.8 Å². The SMILES string of the molecule is CC(C)=NC(=O)c1cccc(CN2CCN(C(=O)c3ccc(NC(=O)Nc4ccccc4)nc3)CC2)c1. The number of benzene rings is 2. The van der Waals surface area contributed by atoms with Crippen molar-refractivity contribution in [2.24, 2.45) is 4.99 Å². The van der Waals surface area contributed by atoms with Gasteiger partial charge in [0.2, 0.25) is 0 Å². The predicted molar refractivity (Wildman–Crippen MR) is 144 cm³/mol. The van der Waals surface area contributed by atoms with Gasteiger partial charge in [-0.25, -0.2) is 14.8 Å². The van der Waals surface area contributed by atoms with Gasteiger partial charge in [0, 0.05) is 55.9 Å². The Morgan fingerprint density at radius 1 is 0.865 bits per heavy atom. The summed E-state index contributed by atoms with van der Waals surface area (Å²) in [5.41, 5.74) is 3.49. The van der Waals surface area contributed by atoms with Gasteiger partial charge >= 0.3 is 6.03 Å². The molecule has 0 atom stereocenters. The molecule has 0 saturated carbocycles. The number of amides is 4. The van der Waals surface area contributed by atoms with Gasteiger partial charge in [-0.3, -0.25) is 19.8 Å². The maximum atomic E-state index is 13.0. The fraction of sp³-hybridized carbons (Fsp3) is 0.250. The summed E-state index contributed by atoms with van der Waals surface area (Å²) < 4.78 is 0. The number of hydrogen-bond donors (Lipinski definition) is 2. The van der Waals surface area contributed by atoms with Crippen molar-refractivity contribution in [1.82, 2.24) is 14.8 Å². The third kappa shape index (κ3) is 7.31. The first kappa shape index (κ1) is 25.7. The van der Waals surface area contributed by atoms with E-state index in [1.807, 2.05) is 36.4 Å². The fourth-order valence-corrected chi connectivity index (χ4v) is 4.01. The average molecular weight is 499 g/mol. The van der Waals surface area contributed by atoms with E-state index in [9.17, 15) is 14.4 Å². The highest BCUT2D eigenvalue weighted by molar-refractivity contribution is 6.02. The van der Waals surface area contributed by atoms with Crippen LogP contribution in [0.4, 0.5) is 16.3 Å². The molecule has 1 aliphatic heterocycles. The fourth-order valence-electron chi connectivity index (χ4n) is 4.01. The summed E-state index contributed by atoms with van der Waals surface area (Å²) >= 11 is 0. The molecule has 1 saturated heterocycles. The molecule has 37 heavy (non-hydrogen) atoms. The van der Waals surface area contributed by atoms with E-state index in [-0.39, 0.29) is 11.8 Å². The molecule has 1 aromatic heterocycles. The number of aliphatic imine (C=N–C) groups is 1. The minimum atomic E-state index is -0.406. The highest BCUT2D eigenvalue weighted by Crippen LogP contribution is 2.15. The summed E-state index contributed by atoms with van der Waals surface area (Å²) in [4.78, 5) is 49.6. The van der Waals surface area contributed by atoms with E-state index >= 15 is 0 Å². The molecule has 4 amide bonds. The Hall–Kier alpha value is -4.37. The van der Waals surface area contributed by atoms with Crippen molar-refractivity contribution in [1.29, 1.82) is 0 Å². The first-order chi connectivity index (χ1) is 17.9. The van der Waals surface area contributed by atoms with Gasteiger partial charge in [-0.15, -0.1) is 0 Å². The number of pyridine rings is 1. The predicted octanol–water partition coefficient (Wildman–Crippen LogP) is 4.30. The van der Waals surface area contributed by atoms with E-state index < -0.39 is 6.03 Å². The number of nitrogens with one attached hydrogen (secondary N) is 2. The number of rotatable bonds is 6. The summed E-state index contributed by atoms with van der Waals surface area (Å²) in [6.07, 6.45) is 1.48. The average Bonchev–Trinajstić information content (AvgIpc) is 2.89. The number of anilines is 2. The first-order valence-corrected chi connectivity index (χ1v) is 12.1. The Kier molecular flexibility index (Phi) is 8.37. The second kappa shape index (κ2) is 12.0. The Bertz CT molecular complexity index is 1280. The van der Waals surface area contributed by atoms with Crippen LogP contribution in [0.2, 0.25) is 0 Å². The van der Waals surface area contributed by atoms with Crippen LogP contribution in [0.3, 0.4) is 0 Å². The molecular formula is C28H30N6O3. The molecule has 190 valence electrons. The number of para-hydroxylation sites is 1. The monoisotopic (exact) mass is 498 g/mol. The molecule has 0 spiro atoms. The van der Waals surface area contributed by atoms with E-state index in [2.05, 4.69) is 25.5 Å². The van der Waals surface area contributed by atoms with Crippen LogP contribution in [0.25, 0.3) is 0 Å². The normalized spacial score (nSPS) is 13.5. The molecular weight excluding hydrogens is 468 g/mol. The highest BCUT2D eigenvalue weighted by Gasteiger charge is 2.22. The molecule has 2 heterocycles. The molecule has 0 aliphatic carbocycles. The molecule has 4 rings (SSSR count). The van der Waals surface area contributed by atoms with Crippen LogP contribution in [-0.4, -0.2) is 64.5 Å². The lowest BCUT2D eigenvalue weighted by Crippen LogP contribution is -2.48. The minimum Gasteiger partial charge on any atom is -0.336 e. The van der Waals surface area contributed by atoms with Crippen LogP contribution in [0.5, 0.6) is 0 Å². The molecule has 3 aromatic rings. The maximum Gasteiger partial charge on any atom is 0.324 e. The topological polar surface area (TPSA) is 107 Å². The van der Waals surface area contributed by atoms with Gasteiger partial charge in [-0.2, -0.15) is 0 Å². The van der Waals surface area contributed by atoms with Crippen molar-refractivity contribution in [3.8, 4) is 0 Å². The molecule has 2 N–H and O–H groups in total.